The number of hydrogen-bond donors (Lipinski definition) is 0. The summed E-state index contributed by atoms with van der Waals surface area (Å²) in [5, 5.41) is 0. The van der Waals surface area contributed by atoms with Crippen LogP contribution in [0.15, 0.2) is 65.7 Å². The molecule has 8 nitrogen and oxygen atoms in total. The molecule has 150 valence electrons. The maximum Gasteiger partial charge on any atom is 0.330 e. The van der Waals surface area contributed by atoms with Crippen LogP contribution in [0.2, 0.25) is 0 Å². The minimum atomic E-state index is -0.0956. The van der Waals surface area contributed by atoms with Gasteiger partial charge < -0.3 is 4.74 Å². The van der Waals surface area contributed by atoms with Gasteiger partial charge in [-0.3, -0.25) is 13.7 Å². The second-order valence-corrected chi connectivity index (χ2v) is 6.97. The van der Waals surface area contributed by atoms with Crippen molar-refractivity contribution in [2.24, 2.45) is 7.05 Å². The Morgan fingerprint density at radius 2 is 1.77 bits per heavy atom. The van der Waals surface area contributed by atoms with Gasteiger partial charge in [-0.25, -0.2) is 19.7 Å². The molecule has 5 aromatic rings. The molecule has 30 heavy (non-hydrogen) atoms. The van der Waals surface area contributed by atoms with Crippen molar-refractivity contribution in [2.45, 2.75) is 13.0 Å². The standard InChI is InChI=1S/C22H20N6O2/c1-26-16-9-6-12-23-20(16)27(22(26)29)14-11-18-25-19-17(30-2)10-13-24-21(19)28(18)15-7-4-3-5-8-15/h3-10,12-13H,11,14H2,1-2H3. The summed E-state index contributed by atoms with van der Waals surface area (Å²) < 4.78 is 10.8. The van der Waals surface area contributed by atoms with Gasteiger partial charge in [0.1, 0.15) is 11.6 Å². The lowest BCUT2D eigenvalue weighted by Crippen LogP contribution is -2.23. The Bertz CT molecular complexity index is 1410. The number of pyridine rings is 2. The number of aryl methyl sites for hydroxylation is 3. The van der Waals surface area contributed by atoms with E-state index in [9.17, 15) is 4.79 Å². The smallest absolute Gasteiger partial charge is 0.330 e. The van der Waals surface area contributed by atoms with Gasteiger partial charge in [0.15, 0.2) is 16.8 Å². The summed E-state index contributed by atoms with van der Waals surface area (Å²) in [7, 11) is 3.38. The number of para-hydroxylation sites is 1. The van der Waals surface area contributed by atoms with Gasteiger partial charge in [-0.15, -0.1) is 0 Å². The molecule has 0 saturated carbocycles. The molecule has 0 radical (unpaired) electrons. The molecular formula is C22H20N6O2. The summed E-state index contributed by atoms with van der Waals surface area (Å²) in [5.74, 6) is 1.47. The molecule has 0 aliphatic carbocycles. The molecule has 0 bridgehead atoms. The van der Waals surface area contributed by atoms with Crippen LogP contribution in [0.5, 0.6) is 5.75 Å². The van der Waals surface area contributed by atoms with Crippen molar-refractivity contribution in [2.75, 3.05) is 7.11 Å². The normalized spacial score (nSPS) is 11.4. The summed E-state index contributed by atoms with van der Waals surface area (Å²) in [6.07, 6.45) is 3.95. The highest BCUT2D eigenvalue weighted by atomic mass is 16.5. The van der Waals surface area contributed by atoms with E-state index < -0.39 is 0 Å². The summed E-state index contributed by atoms with van der Waals surface area (Å²) in [4.78, 5) is 26.5. The van der Waals surface area contributed by atoms with E-state index in [0.717, 1.165) is 22.7 Å². The van der Waals surface area contributed by atoms with Crippen LogP contribution in [0, 0.1) is 0 Å². The largest absolute Gasteiger partial charge is 0.494 e. The average molecular weight is 400 g/mol. The van der Waals surface area contributed by atoms with Gasteiger partial charge in [0.25, 0.3) is 0 Å². The average Bonchev–Trinajstić information content (AvgIpc) is 3.28. The molecule has 0 atom stereocenters. The number of ether oxygens (including phenoxy) is 1. The fraction of sp³-hybridized carbons (Fsp3) is 0.182. The molecule has 0 amide bonds. The summed E-state index contributed by atoms with van der Waals surface area (Å²) in [5.41, 5.74) is 3.76. The summed E-state index contributed by atoms with van der Waals surface area (Å²) in [6.45, 7) is 0.450. The third-order valence-corrected chi connectivity index (χ3v) is 5.27. The molecule has 0 aliphatic heterocycles. The number of benzene rings is 1. The molecule has 1 aromatic carbocycles. The van der Waals surface area contributed by atoms with Gasteiger partial charge in [0.05, 0.1) is 12.6 Å². The highest BCUT2D eigenvalue weighted by Gasteiger charge is 2.18. The van der Waals surface area contributed by atoms with Crippen molar-refractivity contribution < 1.29 is 4.74 Å². The van der Waals surface area contributed by atoms with Crippen molar-refractivity contribution >= 4 is 22.3 Å². The number of rotatable bonds is 5. The number of imidazole rings is 2. The number of aromatic nitrogens is 6. The summed E-state index contributed by atoms with van der Waals surface area (Å²) >= 11 is 0. The van der Waals surface area contributed by atoms with Crippen LogP contribution < -0.4 is 10.4 Å². The molecule has 0 N–H and O–H groups in total. The van der Waals surface area contributed by atoms with E-state index in [1.165, 1.54) is 0 Å². The van der Waals surface area contributed by atoms with Crippen molar-refractivity contribution in [3.05, 3.63) is 77.2 Å². The van der Waals surface area contributed by atoms with Crippen LogP contribution in [0.25, 0.3) is 28.0 Å². The second kappa shape index (κ2) is 7.14. The topological polar surface area (TPSA) is 79.8 Å². The lowest BCUT2D eigenvalue weighted by atomic mass is 10.3. The predicted octanol–water partition coefficient (Wildman–Crippen LogP) is 2.72. The highest BCUT2D eigenvalue weighted by molar-refractivity contribution is 5.80. The quantitative estimate of drug-likeness (QED) is 0.453. The molecule has 0 spiro atoms. The zero-order chi connectivity index (χ0) is 20.7. The Kier molecular flexibility index (Phi) is 4.31. The fourth-order valence-corrected chi connectivity index (χ4v) is 3.82. The maximum atomic E-state index is 12.8. The molecule has 4 aromatic heterocycles. The van der Waals surface area contributed by atoms with E-state index >= 15 is 0 Å². The number of methoxy groups -OCH3 is 1. The Balaban J connectivity index is 1.63. The van der Waals surface area contributed by atoms with E-state index in [2.05, 4.69) is 9.97 Å². The van der Waals surface area contributed by atoms with Crippen molar-refractivity contribution in [3.63, 3.8) is 0 Å². The van der Waals surface area contributed by atoms with Crippen LogP contribution in [0.1, 0.15) is 5.82 Å². The molecule has 0 fully saturated rings. The second-order valence-electron chi connectivity index (χ2n) is 6.97. The first-order chi connectivity index (χ1) is 14.7. The van der Waals surface area contributed by atoms with Crippen molar-refractivity contribution in [3.8, 4) is 11.4 Å². The fourth-order valence-electron chi connectivity index (χ4n) is 3.82. The predicted molar refractivity (Wildman–Crippen MR) is 114 cm³/mol. The van der Waals surface area contributed by atoms with Gasteiger partial charge in [-0.2, -0.15) is 0 Å². The molecule has 0 saturated heterocycles. The van der Waals surface area contributed by atoms with Crippen LogP contribution >= 0.6 is 0 Å². The van der Waals surface area contributed by atoms with Crippen LogP contribution in [-0.2, 0) is 20.0 Å². The zero-order valence-electron chi connectivity index (χ0n) is 16.7. The van der Waals surface area contributed by atoms with Gasteiger partial charge >= 0.3 is 5.69 Å². The van der Waals surface area contributed by atoms with Crippen molar-refractivity contribution in [1.82, 2.24) is 28.7 Å². The van der Waals surface area contributed by atoms with E-state index in [0.29, 0.717) is 29.9 Å². The number of hydrogen-bond acceptors (Lipinski definition) is 5. The Morgan fingerprint density at radius 1 is 0.967 bits per heavy atom. The first-order valence-electron chi connectivity index (χ1n) is 9.65. The lowest BCUT2D eigenvalue weighted by molar-refractivity contribution is 0.418. The molecule has 0 unspecified atom stereocenters. The minimum Gasteiger partial charge on any atom is -0.494 e. The first kappa shape index (κ1) is 18.1. The van der Waals surface area contributed by atoms with Crippen LogP contribution in [-0.4, -0.2) is 35.8 Å². The van der Waals surface area contributed by atoms with E-state index in [4.69, 9.17) is 9.72 Å². The first-order valence-corrected chi connectivity index (χ1v) is 9.65. The monoisotopic (exact) mass is 400 g/mol. The molecule has 5 rings (SSSR count). The third kappa shape index (κ3) is 2.76. The Morgan fingerprint density at radius 3 is 2.57 bits per heavy atom. The number of nitrogens with zero attached hydrogens (tertiary/aromatic N) is 6. The van der Waals surface area contributed by atoms with E-state index in [-0.39, 0.29) is 5.69 Å². The third-order valence-electron chi connectivity index (χ3n) is 5.27. The molecular weight excluding hydrogens is 380 g/mol. The van der Waals surface area contributed by atoms with E-state index in [1.54, 1.807) is 41.8 Å². The van der Waals surface area contributed by atoms with Crippen molar-refractivity contribution in [1.29, 1.82) is 0 Å². The number of fused-ring (bicyclic) bond motifs is 2. The van der Waals surface area contributed by atoms with E-state index in [1.807, 2.05) is 47.0 Å². The van der Waals surface area contributed by atoms with Crippen LogP contribution in [0.4, 0.5) is 0 Å². The molecule has 0 aliphatic rings. The van der Waals surface area contributed by atoms with Gasteiger partial charge in [-0.1, -0.05) is 18.2 Å². The highest BCUT2D eigenvalue weighted by Crippen LogP contribution is 2.27. The zero-order valence-corrected chi connectivity index (χ0v) is 16.7. The molecule has 4 heterocycles. The lowest BCUT2D eigenvalue weighted by Gasteiger charge is -2.09. The Hall–Kier alpha value is -3.94. The van der Waals surface area contributed by atoms with Gasteiger partial charge in [0, 0.05) is 44.2 Å². The Labute approximate surface area is 172 Å². The molecule has 8 heteroatoms. The van der Waals surface area contributed by atoms with Crippen LogP contribution in [0.3, 0.4) is 0 Å². The van der Waals surface area contributed by atoms with Gasteiger partial charge in [-0.05, 0) is 24.3 Å². The summed E-state index contributed by atoms with van der Waals surface area (Å²) in [6, 6.07) is 15.5. The SMILES string of the molecule is COc1ccnc2c1nc(CCn1c(=O)n(C)c3cccnc31)n2-c1ccccc1. The minimum absolute atomic E-state index is 0.0956. The maximum absolute atomic E-state index is 12.8. The van der Waals surface area contributed by atoms with Gasteiger partial charge in [0.2, 0.25) is 0 Å².